The molecule has 3 amide bonds. The van der Waals surface area contributed by atoms with Crippen molar-refractivity contribution in [3.63, 3.8) is 0 Å². The minimum Gasteiger partial charge on any atom is -0.351 e. The Morgan fingerprint density at radius 3 is 2.53 bits per heavy atom. The Morgan fingerprint density at radius 2 is 2.13 bits per heavy atom. The predicted molar refractivity (Wildman–Crippen MR) is 57.1 cm³/mol. The first kappa shape index (κ1) is 11.7. The average molecular weight is 275 g/mol. The van der Waals surface area contributed by atoms with Crippen LogP contribution in [0.5, 0.6) is 0 Å². The molecule has 0 unspecified atom stereocenters. The fourth-order valence-electron chi connectivity index (χ4n) is 1.14. The van der Waals surface area contributed by atoms with Crippen molar-refractivity contribution in [1.82, 2.24) is 15.1 Å². The molecule has 82 valence electrons. The van der Waals surface area contributed by atoms with Crippen LogP contribution in [0, 0.1) is 13.8 Å². The number of nitrogens with zero attached hydrogens (tertiary/aromatic N) is 2. The summed E-state index contributed by atoms with van der Waals surface area (Å²) in [6.45, 7) is 3.61. The summed E-state index contributed by atoms with van der Waals surface area (Å²) in [7, 11) is 0. The van der Waals surface area contributed by atoms with Crippen LogP contribution in [0.1, 0.15) is 11.4 Å². The Kier molecular flexibility index (Phi) is 3.46. The maximum Gasteiger partial charge on any atom is 0.318 e. The van der Waals surface area contributed by atoms with Crippen molar-refractivity contribution in [3.8, 4) is 0 Å². The lowest BCUT2D eigenvalue weighted by Gasteiger charge is -2.03. The highest BCUT2D eigenvalue weighted by Gasteiger charge is 2.12. The molecule has 0 aromatic carbocycles. The number of amides is 3. The highest BCUT2D eigenvalue weighted by molar-refractivity contribution is 9.10. The smallest absolute Gasteiger partial charge is 0.318 e. The van der Waals surface area contributed by atoms with Gasteiger partial charge >= 0.3 is 6.03 Å². The van der Waals surface area contributed by atoms with E-state index in [1.54, 1.807) is 0 Å². The number of hydrogen-bond acceptors (Lipinski definition) is 3. The zero-order valence-corrected chi connectivity index (χ0v) is 9.96. The number of urea groups is 1. The molecular formula is C8H11BrN4O2. The van der Waals surface area contributed by atoms with Gasteiger partial charge in [0.15, 0.2) is 0 Å². The van der Waals surface area contributed by atoms with Gasteiger partial charge in [-0.1, -0.05) is 0 Å². The molecule has 0 fully saturated rings. The Bertz CT molecular complexity index is 413. The number of imide groups is 1. The normalized spacial score (nSPS) is 10.1. The molecule has 0 saturated heterocycles. The number of aryl methyl sites for hydroxylation is 1. The second-order valence-electron chi connectivity index (χ2n) is 3.05. The van der Waals surface area contributed by atoms with E-state index in [-0.39, 0.29) is 6.54 Å². The molecule has 0 aliphatic heterocycles. The number of nitrogens with one attached hydrogen (secondary N) is 1. The van der Waals surface area contributed by atoms with Gasteiger partial charge in [-0.05, 0) is 29.8 Å². The number of nitrogens with two attached hydrogens (primary N) is 1. The summed E-state index contributed by atoms with van der Waals surface area (Å²) in [5, 5.41) is 6.08. The number of rotatable bonds is 2. The summed E-state index contributed by atoms with van der Waals surface area (Å²) in [5.74, 6) is -0.486. The molecule has 1 heterocycles. The molecule has 0 aliphatic rings. The molecule has 7 heteroatoms. The second kappa shape index (κ2) is 4.43. The first-order valence-electron chi connectivity index (χ1n) is 4.20. The van der Waals surface area contributed by atoms with Gasteiger partial charge < -0.3 is 5.73 Å². The summed E-state index contributed by atoms with van der Waals surface area (Å²) >= 11 is 3.33. The van der Waals surface area contributed by atoms with Gasteiger partial charge in [-0.3, -0.25) is 14.8 Å². The SMILES string of the molecule is Cc1nn(CC(=O)NC(N)=O)c(C)c1Br. The van der Waals surface area contributed by atoms with Crippen LogP contribution in [0.4, 0.5) is 4.79 Å². The third-order valence-corrected chi connectivity index (χ3v) is 3.00. The summed E-state index contributed by atoms with van der Waals surface area (Å²) < 4.78 is 2.35. The standard InChI is InChI=1S/C8H11BrN4O2/c1-4-7(9)5(2)13(12-4)3-6(14)11-8(10)15/h3H2,1-2H3,(H3,10,11,14,15). The van der Waals surface area contributed by atoms with Crippen molar-refractivity contribution >= 4 is 27.9 Å². The maximum atomic E-state index is 11.2. The number of carbonyl (C=O) groups excluding carboxylic acids is 2. The number of aromatic nitrogens is 2. The Balaban J connectivity index is 2.77. The van der Waals surface area contributed by atoms with Crippen LogP contribution in [0.3, 0.4) is 0 Å². The fourth-order valence-corrected chi connectivity index (χ4v) is 1.43. The van der Waals surface area contributed by atoms with Crippen molar-refractivity contribution in [2.24, 2.45) is 5.73 Å². The van der Waals surface area contributed by atoms with E-state index in [9.17, 15) is 9.59 Å². The molecule has 0 bridgehead atoms. The van der Waals surface area contributed by atoms with E-state index in [0.29, 0.717) is 0 Å². The number of halogens is 1. The van der Waals surface area contributed by atoms with E-state index in [2.05, 4.69) is 21.0 Å². The van der Waals surface area contributed by atoms with Gasteiger partial charge in [0.25, 0.3) is 0 Å². The predicted octanol–water partition coefficient (Wildman–Crippen LogP) is 0.457. The van der Waals surface area contributed by atoms with Gasteiger partial charge in [0.2, 0.25) is 5.91 Å². The van der Waals surface area contributed by atoms with Crippen LogP contribution in [-0.4, -0.2) is 21.7 Å². The molecule has 3 N–H and O–H groups in total. The van der Waals surface area contributed by atoms with Gasteiger partial charge in [-0.2, -0.15) is 5.10 Å². The molecule has 0 saturated carbocycles. The first-order valence-corrected chi connectivity index (χ1v) is 5.00. The van der Waals surface area contributed by atoms with Crippen LogP contribution in [0.2, 0.25) is 0 Å². The molecule has 1 rings (SSSR count). The van der Waals surface area contributed by atoms with Crippen molar-refractivity contribution in [2.45, 2.75) is 20.4 Å². The monoisotopic (exact) mass is 274 g/mol. The quantitative estimate of drug-likeness (QED) is 0.821. The lowest BCUT2D eigenvalue weighted by Crippen LogP contribution is -2.37. The summed E-state index contributed by atoms with van der Waals surface area (Å²) in [6.07, 6.45) is 0. The highest BCUT2D eigenvalue weighted by atomic mass is 79.9. The molecule has 1 aromatic heterocycles. The number of carbonyl (C=O) groups is 2. The number of hydrogen-bond donors (Lipinski definition) is 2. The summed E-state index contributed by atoms with van der Waals surface area (Å²) in [6, 6.07) is -0.861. The van der Waals surface area contributed by atoms with Crippen LogP contribution >= 0.6 is 15.9 Å². The zero-order chi connectivity index (χ0) is 11.6. The molecule has 6 nitrogen and oxygen atoms in total. The van der Waals surface area contributed by atoms with E-state index < -0.39 is 11.9 Å². The van der Waals surface area contributed by atoms with Crippen molar-refractivity contribution < 1.29 is 9.59 Å². The van der Waals surface area contributed by atoms with Gasteiger partial charge in [0.1, 0.15) is 6.54 Å². The molecule has 0 atom stereocenters. The van der Waals surface area contributed by atoms with Gasteiger partial charge in [0, 0.05) is 0 Å². The lowest BCUT2D eigenvalue weighted by atomic mass is 10.4. The third-order valence-electron chi connectivity index (χ3n) is 1.85. The number of primary amides is 1. The van der Waals surface area contributed by atoms with Gasteiger partial charge in [-0.25, -0.2) is 4.79 Å². The fraction of sp³-hybridized carbons (Fsp3) is 0.375. The maximum absolute atomic E-state index is 11.2. The Labute approximate surface area is 94.9 Å². The lowest BCUT2D eigenvalue weighted by molar-refractivity contribution is -0.120. The summed E-state index contributed by atoms with van der Waals surface area (Å²) in [5.41, 5.74) is 6.43. The Hall–Kier alpha value is -1.37. The van der Waals surface area contributed by atoms with Crippen LogP contribution in [0.15, 0.2) is 4.47 Å². The van der Waals surface area contributed by atoms with Gasteiger partial charge in [0.05, 0.1) is 15.9 Å². The largest absolute Gasteiger partial charge is 0.351 e. The van der Waals surface area contributed by atoms with E-state index in [4.69, 9.17) is 5.73 Å². The minimum absolute atomic E-state index is 0.0266. The first-order chi connectivity index (χ1) is 6.91. The topological polar surface area (TPSA) is 90.0 Å². The molecule has 0 spiro atoms. The van der Waals surface area contributed by atoms with Crippen molar-refractivity contribution in [1.29, 1.82) is 0 Å². The van der Waals surface area contributed by atoms with Crippen molar-refractivity contribution in [2.75, 3.05) is 0 Å². The average Bonchev–Trinajstić information content (AvgIpc) is 2.32. The van der Waals surface area contributed by atoms with Crippen LogP contribution in [-0.2, 0) is 11.3 Å². The molecule has 0 aliphatic carbocycles. The Morgan fingerprint density at radius 1 is 1.53 bits per heavy atom. The third kappa shape index (κ3) is 2.79. The van der Waals surface area contributed by atoms with Crippen molar-refractivity contribution in [3.05, 3.63) is 15.9 Å². The zero-order valence-electron chi connectivity index (χ0n) is 8.37. The van der Waals surface area contributed by atoms with E-state index in [0.717, 1.165) is 15.9 Å². The highest BCUT2D eigenvalue weighted by Crippen LogP contribution is 2.19. The van der Waals surface area contributed by atoms with Crippen LogP contribution in [0.25, 0.3) is 0 Å². The molecule has 0 radical (unpaired) electrons. The van der Waals surface area contributed by atoms with Crippen LogP contribution < -0.4 is 11.1 Å². The van der Waals surface area contributed by atoms with Gasteiger partial charge in [-0.15, -0.1) is 0 Å². The molecule has 1 aromatic rings. The molecule has 15 heavy (non-hydrogen) atoms. The summed E-state index contributed by atoms with van der Waals surface area (Å²) in [4.78, 5) is 21.6. The second-order valence-corrected chi connectivity index (χ2v) is 3.85. The molecular weight excluding hydrogens is 264 g/mol. The van der Waals surface area contributed by atoms with E-state index in [1.165, 1.54) is 4.68 Å². The van der Waals surface area contributed by atoms with E-state index in [1.807, 2.05) is 19.2 Å². The minimum atomic E-state index is -0.861. The van der Waals surface area contributed by atoms with E-state index >= 15 is 0 Å².